The molecule has 0 aliphatic carbocycles. The van der Waals surface area contributed by atoms with Gasteiger partial charge in [-0.2, -0.15) is 0 Å². The van der Waals surface area contributed by atoms with E-state index in [2.05, 4.69) is 4.99 Å². The van der Waals surface area contributed by atoms with Crippen molar-refractivity contribution in [2.24, 2.45) is 10.9 Å². The molecule has 5 atom stereocenters. The molecule has 0 saturated carbocycles. The first-order valence-electron chi connectivity index (χ1n) is 7.71. The Morgan fingerprint density at radius 2 is 2.04 bits per heavy atom. The van der Waals surface area contributed by atoms with Gasteiger partial charge < -0.3 is 23.7 Å². The number of hydrogen-bond donors (Lipinski definition) is 0. The van der Waals surface area contributed by atoms with Crippen molar-refractivity contribution in [1.82, 2.24) is 0 Å². The number of nitrogens with zero attached hydrogens (tertiary/aromatic N) is 1. The number of carbonyl (C=O) groups is 2. The second-order valence-corrected chi connectivity index (χ2v) is 5.81. The monoisotopic (exact) mass is 341 g/mol. The second kappa shape index (κ2) is 7.65. The number of hydrogen-bond acceptors (Lipinski definition) is 8. The normalized spacial score (nSPS) is 27.6. The molecule has 0 radical (unpaired) electrons. The highest BCUT2D eigenvalue weighted by Gasteiger charge is 2.47. The Bertz CT molecular complexity index is 557. The molecule has 0 aromatic rings. The fourth-order valence-corrected chi connectivity index (χ4v) is 2.89. The number of ether oxygens (including phenoxy) is 5. The summed E-state index contributed by atoms with van der Waals surface area (Å²) in [5, 5.41) is 0. The Kier molecular flexibility index (Phi) is 5.82. The van der Waals surface area contributed by atoms with Gasteiger partial charge in [0.1, 0.15) is 18.2 Å². The molecule has 0 bridgehead atoms. The minimum absolute atomic E-state index is 0.0652. The molecule has 134 valence electrons. The lowest BCUT2D eigenvalue weighted by Crippen LogP contribution is -2.50. The van der Waals surface area contributed by atoms with Crippen LogP contribution in [0.25, 0.3) is 0 Å². The van der Waals surface area contributed by atoms with Crippen LogP contribution in [0.15, 0.2) is 16.8 Å². The van der Waals surface area contributed by atoms with Gasteiger partial charge in [0, 0.05) is 33.0 Å². The molecular weight excluding hydrogens is 318 g/mol. The molecule has 0 N–H and O–H groups in total. The second-order valence-electron chi connectivity index (χ2n) is 5.81. The molecule has 8 heteroatoms. The van der Waals surface area contributed by atoms with Gasteiger partial charge >= 0.3 is 11.9 Å². The summed E-state index contributed by atoms with van der Waals surface area (Å²) >= 11 is 0. The van der Waals surface area contributed by atoms with Gasteiger partial charge in [0.2, 0.25) is 5.76 Å². The van der Waals surface area contributed by atoms with Crippen molar-refractivity contribution in [2.45, 2.75) is 45.1 Å². The molecule has 0 amide bonds. The van der Waals surface area contributed by atoms with Crippen molar-refractivity contribution in [3.05, 3.63) is 11.8 Å². The van der Waals surface area contributed by atoms with E-state index in [1.165, 1.54) is 21.1 Å². The van der Waals surface area contributed by atoms with Crippen molar-refractivity contribution < 1.29 is 33.3 Å². The van der Waals surface area contributed by atoms with Gasteiger partial charge in [0.05, 0.1) is 13.7 Å². The molecule has 0 aromatic carbocycles. The molecule has 0 saturated heterocycles. The summed E-state index contributed by atoms with van der Waals surface area (Å²) in [6.45, 7) is 5.13. The minimum Gasteiger partial charge on any atom is -0.478 e. The van der Waals surface area contributed by atoms with Crippen LogP contribution in [0.1, 0.15) is 20.8 Å². The van der Waals surface area contributed by atoms with E-state index in [1.807, 2.05) is 6.92 Å². The van der Waals surface area contributed by atoms with E-state index in [-0.39, 0.29) is 30.3 Å². The lowest BCUT2D eigenvalue weighted by atomic mass is 9.91. The Hall–Kier alpha value is -2.09. The van der Waals surface area contributed by atoms with Gasteiger partial charge in [-0.15, -0.1) is 0 Å². The highest BCUT2D eigenvalue weighted by atomic mass is 16.6. The fourth-order valence-electron chi connectivity index (χ4n) is 2.89. The first-order chi connectivity index (χ1) is 11.4. The molecule has 2 rings (SSSR count). The van der Waals surface area contributed by atoms with Crippen LogP contribution in [0.3, 0.4) is 0 Å². The van der Waals surface area contributed by atoms with Crippen LogP contribution in [0, 0.1) is 5.92 Å². The molecule has 2 aliphatic rings. The topological polar surface area (TPSA) is 92.7 Å². The largest absolute Gasteiger partial charge is 0.478 e. The van der Waals surface area contributed by atoms with Crippen molar-refractivity contribution in [3.63, 3.8) is 0 Å². The number of fused-ring (bicyclic) bond motifs is 1. The van der Waals surface area contributed by atoms with Crippen molar-refractivity contribution >= 4 is 17.8 Å². The molecule has 24 heavy (non-hydrogen) atoms. The summed E-state index contributed by atoms with van der Waals surface area (Å²) in [5.74, 6) is -0.544. The molecule has 0 unspecified atom stereocenters. The van der Waals surface area contributed by atoms with Gasteiger partial charge in [0.25, 0.3) is 0 Å². The van der Waals surface area contributed by atoms with Crippen molar-refractivity contribution in [2.75, 3.05) is 20.8 Å². The SMILES string of the molecule is COC(=O)C1=C[C@H]2OC(C)=N[C@H]2[C@H]([C@H](OC)[C@H](C)COC(C)=O)O1. The number of methoxy groups -OCH3 is 2. The maximum Gasteiger partial charge on any atom is 0.373 e. The summed E-state index contributed by atoms with van der Waals surface area (Å²) in [7, 11) is 2.82. The van der Waals surface area contributed by atoms with Crippen LogP contribution in [-0.4, -0.2) is 63.0 Å². The van der Waals surface area contributed by atoms with Crippen LogP contribution in [0.2, 0.25) is 0 Å². The van der Waals surface area contributed by atoms with E-state index in [4.69, 9.17) is 23.7 Å². The third-order valence-corrected chi connectivity index (χ3v) is 3.98. The quantitative estimate of drug-likeness (QED) is 0.661. The van der Waals surface area contributed by atoms with Crippen LogP contribution in [-0.2, 0) is 33.3 Å². The third-order valence-electron chi connectivity index (χ3n) is 3.98. The van der Waals surface area contributed by atoms with Crippen LogP contribution >= 0.6 is 0 Å². The highest BCUT2D eigenvalue weighted by Crippen LogP contribution is 2.32. The smallest absolute Gasteiger partial charge is 0.373 e. The molecular formula is C16H23NO7. The fraction of sp³-hybridized carbons (Fsp3) is 0.688. The number of aliphatic imine (C=N–C) groups is 1. The summed E-state index contributed by atoms with van der Waals surface area (Å²) in [6.07, 6.45) is 0.123. The van der Waals surface area contributed by atoms with E-state index < -0.39 is 24.3 Å². The lowest BCUT2D eigenvalue weighted by molar-refractivity contribution is -0.150. The van der Waals surface area contributed by atoms with Crippen molar-refractivity contribution in [3.8, 4) is 0 Å². The van der Waals surface area contributed by atoms with Gasteiger partial charge in [0.15, 0.2) is 12.0 Å². The molecule has 0 fully saturated rings. The number of carbonyl (C=O) groups excluding carboxylic acids is 2. The third kappa shape index (κ3) is 3.87. The van der Waals surface area contributed by atoms with Gasteiger partial charge in [-0.05, 0) is 0 Å². The Morgan fingerprint density at radius 3 is 2.62 bits per heavy atom. The molecule has 2 aliphatic heterocycles. The molecule has 8 nitrogen and oxygen atoms in total. The number of rotatable bonds is 6. The molecule has 2 heterocycles. The standard InChI is InChI=1S/C16H23NO7/c1-8(7-22-10(3)18)14(20-4)15-13-11(23-9(2)17-13)6-12(24-15)16(19)21-5/h6,8,11,13-15H,7H2,1-5H3/t8-,11-,13-,14-,15-/m1/s1. The van der Waals surface area contributed by atoms with E-state index in [9.17, 15) is 9.59 Å². The summed E-state index contributed by atoms with van der Waals surface area (Å²) in [5.41, 5.74) is 0. The van der Waals surface area contributed by atoms with Crippen molar-refractivity contribution in [1.29, 1.82) is 0 Å². The lowest BCUT2D eigenvalue weighted by Gasteiger charge is -2.37. The number of esters is 2. The Labute approximate surface area is 140 Å². The first kappa shape index (κ1) is 18.3. The average Bonchev–Trinajstić information content (AvgIpc) is 2.92. The molecule has 0 aromatic heterocycles. The van der Waals surface area contributed by atoms with Crippen LogP contribution in [0.5, 0.6) is 0 Å². The summed E-state index contributed by atoms with van der Waals surface area (Å²) in [4.78, 5) is 27.3. The van der Waals surface area contributed by atoms with E-state index in [0.717, 1.165) is 0 Å². The van der Waals surface area contributed by atoms with Gasteiger partial charge in [-0.1, -0.05) is 6.92 Å². The zero-order chi connectivity index (χ0) is 17.9. The van der Waals surface area contributed by atoms with Crippen LogP contribution in [0.4, 0.5) is 0 Å². The van der Waals surface area contributed by atoms with E-state index in [1.54, 1.807) is 13.0 Å². The van der Waals surface area contributed by atoms with Crippen LogP contribution < -0.4 is 0 Å². The maximum atomic E-state index is 11.9. The minimum atomic E-state index is -0.589. The first-order valence-corrected chi connectivity index (χ1v) is 7.71. The average molecular weight is 341 g/mol. The predicted molar refractivity (Wildman–Crippen MR) is 83.3 cm³/mol. The zero-order valence-electron chi connectivity index (χ0n) is 14.5. The summed E-state index contributed by atoms with van der Waals surface area (Å²) in [6, 6.07) is -0.344. The van der Waals surface area contributed by atoms with E-state index >= 15 is 0 Å². The zero-order valence-corrected chi connectivity index (χ0v) is 14.5. The van der Waals surface area contributed by atoms with Gasteiger partial charge in [-0.3, -0.25) is 4.79 Å². The summed E-state index contributed by atoms with van der Waals surface area (Å²) < 4.78 is 26.8. The Morgan fingerprint density at radius 1 is 1.33 bits per heavy atom. The Balaban J connectivity index is 2.22. The molecule has 0 spiro atoms. The van der Waals surface area contributed by atoms with Gasteiger partial charge in [-0.25, -0.2) is 9.79 Å². The predicted octanol–water partition coefficient (Wildman–Crippen LogP) is 0.842. The highest BCUT2D eigenvalue weighted by molar-refractivity contribution is 5.87. The van der Waals surface area contributed by atoms with E-state index in [0.29, 0.717) is 5.90 Å². The maximum absolute atomic E-state index is 11.9.